The molecule has 1 aliphatic carbocycles. The molecule has 2 aliphatic rings. The van der Waals surface area contributed by atoms with Crippen molar-refractivity contribution < 1.29 is 23.7 Å². The molecule has 1 N–H and O–H groups in total. The van der Waals surface area contributed by atoms with Crippen LogP contribution in [0.25, 0.3) is 0 Å². The first kappa shape index (κ1) is 22.3. The number of methoxy groups -OCH3 is 2. The predicted molar refractivity (Wildman–Crippen MR) is 114 cm³/mol. The highest BCUT2D eigenvalue weighted by Gasteiger charge is 2.40. The zero-order valence-electron chi connectivity index (χ0n) is 17.4. The number of ether oxygens (including phenoxy) is 4. The van der Waals surface area contributed by atoms with E-state index >= 15 is 0 Å². The largest absolute Gasteiger partial charge is 0.492 e. The Morgan fingerprint density at radius 2 is 2.14 bits per heavy atom. The Labute approximate surface area is 181 Å². The van der Waals surface area contributed by atoms with Crippen molar-refractivity contribution in [1.29, 1.82) is 0 Å². The van der Waals surface area contributed by atoms with E-state index in [1.807, 2.05) is 17.0 Å². The SMILES string of the molecule is COCCCOc1cc(C(C)N(C(=O)[C@H]2CNCCO2)C2CC2)cc(Br)c1OC. The van der Waals surface area contributed by atoms with E-state index in [-0.39, 0.29) is 18.0 Å². The predicted octanol–water partition coefficient (Wildman–Crippen LogP) is 2.91. The highest BCUT2D eigenvalue weighted by atomic mass is 79.9. The average molecular weight is 471 g/mol. The van der Waals surface area contributed by atoms with Crippen LogP contribution >= 0.6 is 15.9 Å². The minimum atomic E-state index is -0.418. The minimum absolute atomic E-state index is 0.0571. The van der Waals surface area contributed by atoms with Crippen LogP contribution in [-0.2, 0) is 14.3 Å². The molecular weight excluding hydrogens is 440 g/mol. The van der Waals surface area contributed by atoms with E-state index in [9.17, 15) is 4.79 Å². The Morgan fingerprint density at radius 3 is 2.76 bits per heavy atom. The van der Waals surface area contributed by atoms with E-state index in [0.717, 1.165) is 35.8 Å². The molecule has 1 saturated heterocycles. The van der Waals surface area contributed by atoms with Crippen molar-refractivity contribution >= 4 is 21.8 Å². The molecule has 1 amide bonds. The molecule has 2 atom stereocenters. The van der Waals surface area contributed by atoms with Crippen molar-refractivity contribution in [2.75, 3.05) is 47.1 Å². The molecule has 1 unspecified atom stereocenters. The van der Waals surface area contributed by atoms with Gasteiger partial charge in [-0.15, -0.1) is 0 Å². The third-order valence-corrected chi connectivity index (χ3v) is 5.87. The number of hydrogen-bond acceptors (Lipinski definition) is 6. The molecule has 7 nitrogen and oxygen atoms in total. The van der Waals surface area contributed by atoms with E-state index < -0.39 is 6.10 Å². The van der Waals surface area contributed by atoms with Crippen LogP contribution in [0.1, 0.15) is 37.8 Å². The average Bonchev–Trinajstić information content (AvgIpc) is 3.56. The van der Waals surface area contributed by atoms with E-state index in [0.29, 0.717) is 37.9 Å². The van der Waals surface area contributed by atoms with Crippen molar-refractivity contribution in [2.45, 2.75) is 44.4 Å². The second-order valence-electron chi connectivity index (χ2n) is 7.45. The molecule has 0 aromatic heterocycles. The molecule has 1 heterocycles. The van der Waals surface area contributed by atoms with Gasteiger partial charge >= 0.3 is 0 Å². The molecular formula is C21H31BrN2O5. The number of amides is 1. The lowest BCUT2D eigenvalue weighted by Crippen LogP contribution is -2.50. The summed E-state index contributed by atoms with van der Waals surface area (Å²) in [6.07, 6.45) is 2.44. The number of carbonyl (C=O) groups excluding carboxylic acids is 1. The van der Waals surface area contributed by atoms with E-state index in [4.69, 9.17) is 18.9 Å². The van der Waals surface area contributed by atoms with Crippen LogP contribution in [0.15, 0.2) is 16.6 Å². The van der Waals surface area contributed by atoms with Gasteiger partial charge in [-0.05, 0) is 53.4 Å². The summed E-state index contributed by atoms with van der Waals surface area (Å²) >= 11 is 3.60. The summed E-state index contributed by atoms with van der Waals surface area (Å²) in [6, 6.07) is 4.16. The smallest absolute Gasteiger partial charge is 0.253 e. The standard InChI is InChI=1S/C21H31BrN2O5/c1-14(24(16-5-6-16)21(25)19-13-23-7-10-29-19)15-11-17(22)20(27-3)18(12-15)28-9-4-8-26-2/h11-12,14,16,19,23H,4-10,13H2,1-3H3/t14?,19-/m1/s1. The zero-order chi connectivity index (χ0) is 20.8. The molecule has 3 rings (SSSR count). The first-order valence-corrected chi connectivity index (χ1v) is 11.0. The quantitative estimate of drug-likeness (QED) is 0.530. The number of rotatable bonds is 10. The highest BCUT2D eigenvalue weighted by Crippen LogP contribution is 2.41. The van der Waals surface area contributed by atoms with Gasteiger partial charge in [0.05, 0.1) is 30.8 Å². The number of halogens is 1. The summed E-state index contributed by atoms with van der Waals surface area (Å²) in [7, 11) is 3.30. The number of nitrogens with zero attached hydrogens (tertiary/aromatic N) is 1. The monoisotopic (exact) mass is 470 g/mol. The van der Waals surface area contributed by atoms with Crippen molar-refractivity contribution in [3.63, 3.8) is 0 Å². The topological polar surface area (TPSA) is 69.3 Å². The van der Waals surface area contributed by atoms with Crippen LogP contribution in [0.4, 0.5) is 0 Å². The summed E-state index contributed by atoms with van der Waals surface area (Å²) in [5.74, 6) is 1.38. The molecule has 1 saturated carbocycles. The lowest BCUT2D eigenvalue weighted by Gasteiger charge is -2.34. The second-order valence-corrected chi connectivity index (χ2v) is 8.30. The molecule has 2 fully saturated rings. The van der Waals surface area contributed by atoms with Crippen LogP contribution in [0.2, 0.25) is 0 Å². The molecule has 162 valence electrons. The first-order chi connectivity index (χ1) is 14.1. The van der Waals surface area contributed by atoms with Crippen LogP contribution in [-0.4, -0.2) is 70.1 Å². The molecule has 1 aromatic rings. The summed E-state index contributed by atoms with van der Waals surface area (Å²) < 4.78 is 23.1. The fraction of sp³-hybridized carbons (Fsp3) is 0.667. The molecule has 29 heavy (non-hydrogen) atoms. The Bertz CT molecular complexity index is 692. The molecule has 8 heteroatoms. The Morgan fingerprint density at radius 1 is 1.34 bits per heavy atom. The fourth-order valence-corrected chi connectivity index (χ4v) is 4.23. The Hall–Kier alpha value is -1.35. The van der Waals surface area contributed by atoms with E-state index in [1.54, 1.807) is 14.2 Å². The third-order valence-electron chi connectivity index (χ3n) is 5.28. The van der Waals surface area contributed by atoms with Gasteiger partial charge in [0.25, 0.3) is 5.91 Å². The van der Waals surface area contributed by atoms with Gasteiger partial charge in [0.15, 0.2) is 11.5 Å². The van der Waals surface area contributed by atoms with Crippen LogP contribution in [0.5, 0.6) is 11.5 Å². The van der Waals surface area contributed by atoms with Gasteiger partial charge in [-0.25, -0.2) is 0 Å². The number of nitrogens with one attached hydrogen (secondary N) is 1. The molecule has 0 spiro atoms. The highest BCUT2D eigenvalue weighted by molar-refractivity contribution is 9.10. The fourth-order valence-electron chi connectivity index (χ4n) is 3.61. The van der Waals surface area contributed by atoms with Gasteiger partial charge in [0, 0.05) is 39.3 Å². The summed E-state index contributed by atoms with van der Waals surface area (Å²) in [5, 5.41) is 3.25. The van der Waals surface area contributed by atoms with Crippen LogP contribution in [0.3, 0.4) is 0 Å². The van der Waals surface area contributed by atoms with Gasteiger partial charge in [0.1, 0.15) is 6.10 Å². The molecule has 0 radical (unpaired) electrons. The first-order valence-electron chi connectivity index (χ1n) is 10.2. The van der Waals surface area contributed by atoms with Gasteiger partial charge in [0.2, 0.25) is 0 Å². The van der Waals surface area contributed by atoms with Gasteiger partial charge in [-0.2, -0.15) is 0 Å². The van der Waals surface area contributed by atoms with Gasteiger partial charge < -0.3 is 29.2 Å². The maximum atomic E-state index is 13.2. The zero-order valence-corrected chi connectivity index (χ0v) is 19.0. The van der Waals surface area contributed by atoms with E-state index in [2.05, 4.69) is 28.2 Å². The Kier molecular flexibility index (Phi) is 8.17. The van der Waals surface area contributed by atoms with Crippen molar-refractivity contribution in [1.82, 2.24) is 10.2 Å². The molecule has 1 aliphatic heterocycles. The number of morpholine rings is 1. The number of carbonyl (C=O) groups is 1. The van der Waals surface area contributed by atoms with Gasteiger partial charge in [-0.1, -0.05) is 0 Å². The summed E-state index contributed by atoms with van der Waals surface area (Å²) in [4.78, 5) is 15.2. The Balaban J connectivity index is 1.80. The lowest BCUT2D eigenvalue weighted by atomic mass is 10.0. The molecule has 1 aromatic carbocycles. The maximum Gasteiger partial charge on any atom is 0.253 e. The normalized spacial score (nSPS) is 20.2. The van der Waals surface area contributed by atoms with Crippen molar-refractivity contribution in [3.05, 3.63) is 22.2 Å². The maximum absolute atomic E-state index is 13.2. The summed E-state index contributed by atoms with van der Waals surface area (Å²) in [5.41, 5.74) is 1.00. The number of benzene rings is 1. The van der Waals surface area contributed by atoms with Crippen molar-refractivity contribution in [3.8, 4) is 11.5 Å². The van der Waals surface area contributed by atoms with Crippen molar-refractivity contribution in [2.24, 2.45) is 0 Å². The third kappa shape index (κ3) is 5.63. The van der Waals surface area contributed by atoms with E-state index in [1.165, 1.54) is 0 Å². The lowest BCUT2D eigenvalue weighted by molar-refractivity contribution is -0.148. The second kappa shape index (κ2) is 10.6. The van der Waals surface area contributed by atoms with Crippen LogP contribution < -0.4 is 14.8 Å². The van der Waals surface area contributed by atoms with Gasteiger partial charge in [-0.3, -0.25) is 4.79 Å². The van der Waals surface area contributed by atoms with Crippen LogP contribution in [0, 0.1) is 0 Å². The number of hydrogen-bond donors (Lipinski definition) is 1. The summed E-state index contributed by atoms with van der Waals surface area (Å²) in [6.45, 7) is 5.15. The molecule has 0 bridgehead atoms. The minimum Gasteiger partial charge on any atom is -0.492 e.